The van der Waals surface area contributed by atoms with Crippen molar-refractivity contribution in [2.24, 2.45) is 0 Å². The first-order chi connectivity index (χ1) is 4.86. The molecule has 0 saturated carbocycles. The number of anilines is 2. The normalized spacial score (nSPS) is 13.7. The van der Waals surface area contributed by atoms with Gasteiger partial charge in [0.15, 0.2) is 0 Å². The Hall–Kier alpha value is -0.830. The Morgan fingerprint density at radius 3 is 2.90 bits per heavy atom. The lowest BCUT2D eigenvalue weighted by molar-refractivity contribution is 1.48. The van der Waals surface area contributed by atoms with Gasteiger partial charge < -0.3 is 9.44 Å². The van der Waals surface area contributed by atoms with E-state index >= 15 is 0 Å². The highest BCUT2D eigenvalue weighted by Crippen LogP contribution is 2.32. The van der Waals surface area contributed by atoms with E-state index in [0.717, 1.165) is 0 Å². The Kier molecular flexibility index (Phi) is 1.24. The Bertz CT molecular complexity index is 260. The van der Waals surface area contributed by atoms with Gasteiger partial charge in [0, 0.05) is 0 Å². The lowest BCUT2D eigenvalue weighted by Gasteiger charge is -1.96. The van der Waals surface area contributed by atoms with E-state index < -0.39 is 0 Å². The van der Waals surface area contributed by atoms with E-state index in [0.29, 0.717) is 0 Å². The maximum absolute atomic E-state index is 3.15. The maximum Gasteiger partial charge on any atom is 0.0700 e. The number of hydrogen-bond donors (Lipinski definition) is 2. The average molecular weight is 152 g/mol. The van der Waals surface area contributed by atoms with Gasteiger partial charge in [-0.2, -0.15) is 0 Å². The largest absolute Gasteiger partial charge is 0.310 e. The summed E-state index contributed by atoms with van der Waals surface area (Å²) in [6.07, 6.45) is 0. The van der Waals surface area contributed by atoms with Crippen molar-refractivity contribution in [2.75, 3.05) is 9.44 Å². The minimum Gasteiger partial charge on any atom is -0.310 e. The first kappa shape index (κ1) is 5.92. The summed E-state index contributed by atoms with van der Waals surface area (Å²) in [6.45, 7) is 2.09. The second kappa shape index (κ2) is 2.09. The summed E-state index contributed by atoms with van der Waals surface area (Å²) in [4.78, 5) is 0. The van der Waals surface area contributed by atoms with Crippen LogP contribution in [0, 0.1) is 6.92 Å². The third kappa shape index (κ3) is 0.827. The molecule has 0 atom stereocenters. The molecule has 52 valence electrons. The minimum atomic E-state index is 1.18. The fraction of sp³-hybridized carbons (Fsp3) is 0.143. The van der Waals surface area contributed by atoms with Crippen LogP contribution in [-0.2, 0) is 0 Å². The quantitative estimate of drug-likeness (QED) is 0.558. The van der Waals surface area contributed by atoms with Crippen LogP contribution in [0.2, 0.25) is 0 Å². The summed E-state index contributed by atoms with van der Waals surface area (Å²) in [5, 5.41) is 0. The van der Waals surface area contributed by atoms with E-state index in [2.05, 4.69) is 34.6 Å². The van der Waals surface area contributed by atoms with Crippen LogP contribution in [0.1, 0.15) is 5.56 Å². The molecular weight excluding hydrogens is 144 g/mol. The number of fused-ring (bicyclic) bond motifs is 1. The van der Waals surface area contributed by atoms with Crippen molar-refractivity contribution < 1.29 is 0 Å². The van der Waals surface area contributed by atoms with Gasteiger partial charge in [-0.05, 0) is 24.6 Å². The van der Waals surface area contributed by atoms with E-state index in [4.69, 9.17) is 0 Å². The van der Waals surface area contributed by atoms with E-state index in [1.807, 2.05) is 0 Å². The number of nitrogens with one attached hydrogen (secondary N) is 2. The Morgan fingerprint density at radius 2 is 2.00 bits per heavy atom. The number of hydrogen-bond acceptors (Lipinski definition) is 3. The highest BCUT2D eigenvalue weighted by molar-refractivity contribution is 8.02. The van der Waals surface area contributed by atoms with Crippen LogP contribution in [0.4, 0.5) is 11.4 Å². The molecule has 1 aliphatic heterocycles. The molecule has 10 heavy (non-hydrogen) atoms. The molecule has 1 heterocycles. The second-order valence-corrected chi connectivity index (χ2v) is 2.97. The monoisotopic (exact) mass is 152 g/mol. The smallest absolute Gasteiger partial charge is 0.0700 e. The third-order valence-corrected chi connectivity index (χ3v) is 2.14. The van der Waals surface area contributed by atoms with Crippen molar-refractivity contribution in [1.82, 2.24) is 0 Å². The molecule has 0 radical (unpaired) electrons. The Labute approximate surface area is 64.3 Å². The highest BCUT2D eigenvalue weighted by atomic mass is 32.2. The fourth-order valence-corrected chi connectivity index (χ4v) is 1.58. The van der Waals surface area contributed by atoms with Gasteiger partial charge in [0.05, 0.1) is 23.5 Å². The first-order valence-electron chi connectivity index (χ1n) is 3.15. The molecule has 0 aliphatic carbocycles. The van der Waals surface area contributed by atoms with Gasteiger partial charge in [0.25, 0.3) is 0 Å². The lowest BCUT2D eigenvalue weighted by atomic mass is 10.2. The van der Waals surface area contributed by atoms with E-state index in [-0.39, 0.29) is 0 Å². The number of benzene rings is 1. The van der Waals surface area contributed by atoms with Gasteiger partial charge in [-0.15, -0.1) is 0 Å². The molecule has 0 fully saturated rings. The molecule has 0 amide bonds. The van der Waals surface area contributed by atoms with Gasteiger partial charge in [0.1, 0.15) is 0 Å². The third-order valence-electron chi connectivity index (χ3n) is 1.50. The van der Waals surface area contributed by atoms with E-state index in [9.17, 15) is 0 Å². The van der Waals surface area contributed by atoms with Crippen LogP contribution in [-0.4, -0.2) is 0 Å². The molecule has 1 aliphatic rings. The van der Waals surface area contributed by atoms with Crippen molar-refractivity contribution >= 4 is 23.5 Å². The molecule has 3 heteroatoms. The molecule has 0 aromatic heterocycles. The highest BCUT2D eigenvalue weighted by Gasteiger charge is 2.07. The molecule has 2 nitrogen and oxygen atoms in total. The predicted molar refractivity (Wildman–Crippen MR) is 46.0 cm³/mol. The molecule has 1 aromatic carbocycles. The van der Waals surface area contributed by atoms with Gasteiger partial charge in [0.2, 0.25) is 0 Å². The van der Waals surface area contributed by atoms with Crippen LogP contribution in [0.25, 0.3) is 0 Å². The maximum atomic E-state index is 3.15. The van der Waals surface area contributed by atoms with Gasteiger partial charge in [-0.25, -0.2) is 0 Å². The molecule has 1 aromatic rings. The van der Waals surface area contributed by atoms with Gasteiger partial charge in [-0.1, -0.05) is 6.07 Å². The molecule has 0 spiro atoms. The van der Waals surface area contributed by atoms with Crippen molar-refractivity contribution in [3.63, 3.8) is 0 Å². The Balaban J connectivity index is 2.52. The van der Waals surface area contributed by atoms with Crippen molar-refractivity contribution in [1.29, 1.82) is 0 Å². The molecular formula is C7H8N2S. The number of aryl methyl sites for hydroxylation is 1. The van der Waals surface area contributed by atoms with Gasteiger partial charge >= 0.3 is 0 Å². The minimum absolute atomic E-state index is 1.18. The van der Waals surface area contributed by atoms with Crippen LogP contribution < -0.4 is 9.44 Å². The first-order valence-corrected chi connectivity index (χ1v) is 3.96. The molecule has 2 rings (SSSR count). The lowest BCUT2D eigenvalue weighted by Crippen LogP contribution is -1.77. The predicted octanol–water partition coefficient (Wildman–Crippen LogP) is 2.40. The van der Waals surface area contributed by atoms with Crippen molar-refractivity contribution in [3.05, 3.63) is 23.8 Å². The summed E-state index contributed by atoms with van der Waals surface area (Å²) in [5.74, 6) is 0. The molecule has 2 N–H and O–H groups in total. The van der Waals surface area contributed by atoms with Crippen LogP contribution >= 0.6 is 12.1 Å². The average Bonchev–Trinajstić information content (AvgIpc) is 2.33. The summed E-state index contributed by atoms with van der Waals surface area (Å²) in [7, 11) is 0. The zero-order chi connectivity index (χ0) is 6.97. The summed E-state index contributed by atoms with van der Waals surface area (Å²) in [5.41, 5.74) is 3.65. The van der Waals surface area contributed by atoms with Crippen molar-refractivity contribution in [3.8, 4) is 0 Å². The van der Waals surface area contributed by atoms with Crippen LogP contribution in [0.3, 0.4) is 0 Å². The summed E-state index contributed by atoms with van der Waals surface area (Å²) >= 11 is 1.51. The molecule has 0 saturated heterocycles. The zero-order valence-corrected chi connectivity index (χ0v) is 6.46. The fourth-order valence-electron chi connectivity index (χ4n) is 0.967. The standard InChI is InChI=1S/C7H8N2S/c1-5-2-3-6-7(4-5)9-10-8-6/h2-4,8-9H,1H3. The topological polar surface area (TPSA) is 24.1 Å². The van der Waals surface area contributed by atoms with Crippen molar-refractivity contribution in [2.45, 2.75) is 6.92 Å². The number of rotatable bonds is 0. The molecule has 0 bridgehead atoms. The summed E-state index contributed by atoms with van der Waals surface area (Å²) < 4.78 is 6.28. The molecule has 0 unspecified atom stereocenters. The van der Waals surface area contributed by atoms with Gasteiger partial charge in [-0.3, -0.25) is 0 Å². The zero-order valence-electron chi connectivity index (χ0n) is 5.64. The summed E-state index contributed by atoms with van der Waals surface area (Å²) in [6, 6.07) is 6.30. The van der Waals surface area contributed by atoms with Crippen LogP contribution in [0.5, 0.6) is 0 Å². The van der Waals surface area contributed by atoms with Crippen LogP contribution in [0.15, 0.2) is 18.2 Å². The van der Waals surface area contributed by atoms with E-state index in [1.54, 1.807) is 0 Å². The van der Waals surface area contributed by atoms with E-state index in [1.165, 1.54) is 29.1 Å². The Morgan fingerprint density at radius 1 is 1.20 bits per heavy atom. The second-order valence-electron chi connectivity index (χ2n) is 2.36. The SMILES string of the molecule is Cc1ccc2c(c1)NSN2.